The molecule has 1 aromatic carbocycles. The molecule has 2 heterocycles. The van der Waals surface area contributed by atoms with Crippen molar-refractivity contribution in [2.24, 2.45) is 5.92 Å². The SMILES string of the molecule is COc1ccc2nccc(C(O)CC3CCC(/C=C/Br)CN3)c2c1. The maximum atomic E-state index is 10.8. The summed E-state index contributed by atoms with van der Waals surface area (Å²) in [5, 5.41) is 15.3. The van der Waals surface area contributed by atoms with Crippen molar-refractivity contribution in [3.8, 4) is 5.75 Å². The van der Waals surface area contributed by atoms with Crippen LogP contribution in [0.3, 0.4) is 0 Å². The zero-order valence-electron chi connectivity index (χ0n) is 13.8. The second kappa shape index (κ2) is 8.10. The van der Waals surface area contributed by atoms with Crippen LogP contribution < -0.4 is 10.1 Å². The fourth-order valence-corrected chi connectivity index (χ4v) is 3.80. The molecule has 1 fully saturated rings. The van der Waals surface area contributed by atoms with E-state index in [9.17, 15) is 5.11 Å². The minimum Gasteiger partial charge on any atom is -0.497 e. The maximum absolute atomic E-state index is 10.8. The van der Waals surface area contributed by atoms with E-state index in [1.807, 2.05) is 29.3 Å². The number of ether oxygens (including phenoxy) is 1. The molecule has 128 valence electrons. The molecule has 24 heavy (non-hydrogen) atoms. The Morgan fingerprint density at radius 2 is 2.29 bits per heavy atom. The minimum absolute atomic E-state index is 0.341. The third-order valence-corrected chi connectivity index (χ3v) is 5.05. The van der Waals surface area contributed by atoms with Crippen LogP contribution >= 0.6 is 15.9 Å². The predicted molar refractivity (Wildman–Crippen MR) is 100 cm³/mol. The number of halogens is 1. The van der Waals surface area contributed by atoms with Crippen molar-refractivity contribution in [1.29, 1.82) is 0 Å². The van der Waals surface area contributed by atoms with Gasteiger partial charge in [0.15, 0.2) is 0 Å². The van der Waals surface area contributed by atoms with Crippen LogP contribution in [0.25, 0.3) is 10.9 Å². The minimum atomic E-state index is -0.511. The van der Waals surface area contributed by atoms with Gasteiger partial charge in [-0.25, -0.2) is 0 Å². The summed E-state index contributed by atoms with van der Waals surface area (Å²) < 4.78 is 5.31. The van der Waals surface area contributed by atoms with E-state index in [4.69, 9.17) is 4.74 Å². The molecule has 0 saturated carbocycles. The number of benzene rings is 1. The quantitative estimate of drug-likeness (QED) is 0.811. The van der Waals surface area contributed by atoms with Gasteiger partial charge in [0.05, 0.1) is 18.7 Å². The second-order valence-corrected chi connectivity index (χ2v) is 6.82. The fourth-order valence-electron chi connectivity index (χ4n) is 3.37. The smallest absolute Gasteiger partial charge is 0.119 e. The summed E-state index contributed by atoms with van der Waals surface area (Å²) in [5.41, 5.74) is 1.80. The van der Waals surface area contributed by atoms with Gasteiger partial charge in [0.2, 0.25) is 0 Å². The molecule has 3 rings (SSSR count). The number of hydrogen-bond acceptors (Lipinski definition) is 4. The summed E-state index contributed by atoms with van der Waals surface area (Å²) in [6.45, 7) is 0.963. The molecule has 0 aliphatic carbocycles. The van der Waals surface area contributed by atoms with Crippen molar-refractivity contribution < 1.29 is 9.84 Å². The highest BCUT2D eigenvalue weighted by Gasteiger charge is 2.23. The molecule has 3 unspecified atom stereocenters. The van der Waals surface area contributed by atoms with Gasteiger partial charge in [0, 0.05) is 24.2 Å². The van der Waals surface area contributed by atoms with Gasteiger partial charge in [-0.15, -0.1) is 0 Å². The Morgan fingerprint density at radius 3 is 3.00 bits per heavy atom. The first-order valence-corrected chi connectivity index (χ1v) is 9.24. The van der Waals surface area contributed by atoms with Gasteiger partial charge in [0.1, 0.15) is 5.75 Å². The number of nitrogens with one attached hydrogen (secondary N) is 1. The number of aliphatic hydroxyl groups is 1. The standard InChI is InChI=1S/C19H23BrN2O2/c1-24-15-4-5-18-17(11-15)16(7-9-21-18)19(23)10-14-3-2-13(6-8-20)12-22-14/h4-9,11,13-14,19,22-23H,2-3,10,12H2,1H3/b8-6+. The number of nitrogens with zero attached hydrogens (tertiary/aromatic N) is 1. The Kier molecular flexibility index (Phi) is 5.87. The maximum Gasteiger partial charge on any atom is 0.119 e. The van der Waals surface area contributed by atoms with Crippen LogP contribution in [-0.4, -0.2) is 29.8 Å². The Hall–Kier alpha value is -1.43. The van der Waals surface area contributed by atoms with Gasteiger partial charge in [-0.2, -0.15) is 0 Å². The molecule has 2 aromatic rings. The lowest BCUT2D eigenvalue weighted by Crippen LogP contribution is -2.39. The van der Waals surface area contributed by atoms with E-state index in [2.05, 4.69) is 32.3 Å². The van der Waals surface area contributed by atoms with Crippen molar-refractivity contribution in [3.05, 3.63) is 47.1 Å². The molecule has 1 aromatic heterocycles. The van der Waals surface area contributed by atoms with E-state index < -0.39 is 6.10 Å². The van der Waals surface area contributed by atoms with E-state index in [0.717, 1.165) is 41.6 Å². The number of methoxy groups -OCH3 is 1. The predicted octanol–water partition coefficient (Wildman–Crippen LogP) is 3.94. The Labute approximate surface area is 151 Å². The van der Waals surface area contributed by atoms with E-state index in [1.165, 1.54) is 0 Å². The lowest BCUT2D eigenvalue weighted by Gasteiger charge is -2.30. The zero-order valence-corrected chi connectivity index (χ0v) is 15.4. The lowest BCUT2D eigenvalue weighted by molar-refractivity contribution is 0.143. The lowest BCUT2D eigenvalue weighted by atomic mass is 9.90. The van der Waals surface area contributed by atoms with Crippen LogP contribution in [0.2, 0.25) is 0 Å². The number of aliphatic hydroxyl groups excluding tert-OH is 1. The summed E-state index contributed by atoms with van der Waals surface area (Å²) in [6, 6.07) is 8.03. The highest BCUT2D eigenvalue weighted by Crippen LogP contribution is 2.30. The molecular formula is C19H23BrN2O2. The van der Waals surface area contributed by atoms with Crippen LogP contribution in [0, 0.1) is 5.92 Å². The monoisotopic (exact) mass is 390 g/mol. The van der Waals surface area contributed by atoms with E-state index >= 15 is 0 Å². The molecule has 1 saturated heterocycles. The number of fused-ring (bicyclic) bond motifs is 1. The largest absolute Gasteiger partial charge is 0.497 e. The van der Waals surface area contributed by atoms with E-state index in [-0.39, 0.29) is 0 Å². The molecule has 0 radical (unpaired) electrons. The average molecular weight is 391 g/mol. The number of aromatic nitrogens is 1. The fraction of sp³-hybridized carbons (Fsp3) is 0.421. The first kappa shape index (κ1) is 17.4. The molecule has 1 aliphatic rings. The molecule has 3 atom stereocenters. The van der Waals surface area contributed by atoms with E-state index in [1.54, 1.807) is 13.3 Å². The summed E-state index contributed by atoms with van der Waals surface area (Å²) in [7, 11) is 1.65. The Morgan fingerprint density at radius 1 is 1.42 bits per heavy atom. The summed E-state index contributed by atoms with van der Waals surface area (Å²) in [4.78, 5) is 6.32. The Bertz CT molecular complexity index is 712. The van der Waals surface area contributed by atoms with Crippen molar-refractivity contribution in [3.63, 3.8) is 0 Å². The van der Waals surface area contributed by atoms with Crippen LogP contribution in [-0.2, 0) is 0 Å². The average Bonchev–Trinajstić information content (AvgIpc) is 2.62. The van der Waals surface area contributed by atoms with Crippen molar-refractivity contribution in [1.82, 2.24) is 10.3 Å². The zero-order chi connectivity index (χ0) is 16.9. The summed E-state index contributed by atoms with van der Waals surface area (Å²) in [6.07, 6.45) is 6.37. The van der Waals surface area contributed by atoms with Gasteiger partial charge in [-0.3, -0.25) is 4.98 Å². The highest BCUT2D eigenvalue weighted by molar-refractivity contribution is 9.11. The highest BCUT2D eigenvalue weighted by atomic mass is 79.9. The van der Waals surface area contributed by atoms with E-state index in [0.29, 0.717) is 18.4 Å². The van der Waals surface area contributed by atoms with Gasteiger partial charge in [-0.1, -0.05) is 22.0 Å². The molecular weight excluding hydrogens is 368 g/mol. The van der Waals surface area contributed by atoms with Crippen LogP contribution in [0.15, 0.2) is 41.5 Å². The number of rotatable bonds is 5. The number of piperidine rings is 1. The third-order valence-electron chi connectivity index (χ3n) is 4.75. The normalized spacial score (nSPS) is 22.8. The second-order valence-electron chi connectivity index (χ2n) is 6.30. The number of pyridine rings is 1. The van der Waals surface area contributed by atoms with Crippen molar-refractivity contribution >= 4 is 26.8 Å². The molecule has 4 nitrogen and oxygen atoms in total. The molecule has 5 heteroatoms. The van der Waals surface area contributed by atoms with Crippen molar-refractivity contribution in [2.75, 3.05) is 13.7 Å². The topological polar surface area (TPSA) is 54.4 Å². The van der Waals surface area contributed by atoms with Crippen LogP contribution in [0.5, 0.6) is 5.75 Å². The van der Waals surface area contributed by atoms with Gasteiger partial charge in [0.25, 0.3) is 0 Å². The molecule has 1 aliphatic heterocycles. The summed E-state index contributed by atoms with van der Waals surface area (Å²) >= 11 is 3.34. The molecule has 2 N–H and O–H groups in total. The van der Waals surface area contributed by atoms with Gasteiger partial charge < -0.3 is 15.2 Å². The first-order valence-electron chi connectivity index (χ1n) is 8.32. The van der Waals surface area contributed by atoms with Crippen molar-refractivity contribution in [2.45, 2.75) is 31.4 Å². The van der Waals surface area contributed by atoms with Gasteiger partial charge >= 0.3 is 0 Å². The molecule has 0 amide bonds. The Balaban J connectivity index is 1.73. The molecule has 0 bridgehead atoms. The third kappa shape index (κ3) is 3.97. The van der Waals surface area contributed by atoms with Crippen LogP contribution in [0.1, 0.15) is 30.9 Å². The first-order chi connectivity index (χ1) is 11.7. The van der Waals surface area contributed by atoms with Gasteiger partial charge in [-0.05, 0) is 60.0 Å². The number of hydrogen-bond donors (Lipinski definition) is 2. The summed E-state index contributed by atoms with van der Waals surface area (Å²) in [5.74, 6) is 1.35. The molecule has 0 spiro atoms. The van der Waals surface area contributed by atoms with Crippen LogP contribution in [0.4, 0.5) is 0 Å².